The van der Waals surface area contributed by atoms with Crippen molar-refractivity contribution >= 4 is 11.8 Å². The van der Waals surface area contributed by atoms with E-state index >= 15 is 0 Å². The van der Waals surface area contributed by atoms with E-state index in [-0.39, 0.29) is 24.0 Å². The number of hydrogen-bond donors (Lipinski definition) is 1. The minimum atomic E-state index is -0.0483. The summed E-state index contributed by atoms with van der Waals surface area (Å²) in [4.78, 5) is 29.1. The van der Waals surface area contributed by atoms with Gasteiger partial charge in [0.05, 0.1) is 13.7 Å². The summed E-state index contributed by atoms with van der Waals surface area (Å²) in [7, 11) is 1.64. The Kier molecular flexibility index (Phi) is 6.95. The topological polar surface area (TPSA) is 71.1 Å². The van der Waals surface area contributed by atoms with Crippen molar-refractivity contribution in [3.8, 4) is 11.5 Å². The molecule has 2 atom stereocenters. The number of fused-ring (bicyclic) bond motifs is 1. The zero-order valence-corrected chi connectivity index (χ0v) is 18.8. The molecule has 4 rings (SSSR count). The fourth-order valence-electron chi connectivity index (χ4n) is 4.38. The van der Waals surface area contributed by atoms with Crippen LogP contribution in [0.5, 0.6) is 11.5 Å². The van der Waals surface area contributed by atoms with Crippen molar-refractivity contribution in [3.05, 3.63) is 59.7 Å². The molecule has 170 valence electrons. The normalized spacial score (nSPS) is 20.6. The summed E-state index contributed by atoms with van der Waals surface area (Å²) in [6.07, 6.45) is 1.24. The number of carbonyl (C=O) groups excluding carboxylic acids is 2. The van der Waals surface area contributed by atoms with E-state index < -0.39 is 0 Å². The van der Waals surface area contributed by atoms with Gasteiger partial charge in [0.2, 0.25) is 11.8 Å². The van der Waals surface area contributed by atoms with Crippen LogP contribution in [0.4, 0.5) is 0 Å². The van der Waals surface area contributed by atoms with Gasteiger partial charge in [-0.05, 0) is 25.0 Å². The third-order valence-corrected chi connectivity index (χ3v) is 5.97. The van der Waals surface area contributed by atoms with Gasteiger partial charge in [-0.2, -0.15) is 0 Å². The molecule has 2 aromatic rings. The number of nitrogens with one attached hydrogen (secondary N) is 1. The van der Waals surface area contributed by atoms with Crippen LogP contribution in [-0.4, -0.2) is 60.5 Å². The van der Waals surface area contributed by atoms with E-state index in [0.29, 0.717) is 39.1 Å². The molecule has 1 saturated heterocycles. The molecule has 7 heteroatoms. The van der Waals surface area contributed by atoms with Gasteiger partial charge in [-0.1, -0.05) is 36.4 Å². The summed E-state index contributed by atoms with van der Waals surface area (Å²) >= 11 is 0. The van der Waals surface area contributed by atoms with E-state index in [0.717, 1.165) is 29.0 Å². The van der Waals surface area contributed by atoms with Gasteiger partial charge in [0.25, 0.3) is 0 Å². The Bertz CT molecular complexity index is 949. The first-order valence-corrected chi connectivity index (χ1v) is 11.2. The third-order valence-electron chi connectivity index (χ3n) is 5.97. The molecule has 2 amide bonds. The molecule has 1 N–H and O–H groups in total. The van der Waals surface area contributed by atoms with Gasteiger partial charge in [-0.15, -0.1) is 0 Å². The maximum Gasteiger partial charge on any atom is 0.237 e. The highest BCUT2D eigenvalue weighted by Crippen LogP contribution is 2.29. The zero-order valence-electron chi connectivity index (χ0n) is 18.8. The average molecular weight is 438 g/mol. The van der Waals surface area contributed by atoms with Crippen LogP contribution < -0.4 is 14.8 Å². The molecule has 2 aliphatic heterocycles. The second-order valence-electron chi connectivity index (χ2n) is 8.63. The summed E-state index contributed by atoms with van der Waals surface area (Å²) in [5.74, 6) is 1.68. The van der Waals surface area contributed by atoms with E-state index in [1.54, 1.807) is 7.11 Å². The van der Waals surface area contributed by atoms with Crippen LogP contribution in [0.25, 0.3) is 0 Å². The Morgan fingerprint density at radius 2 is 2.06 bits per heavy atom. The number of nitrogens with zero attached hydrogens (tertiary/aromatic N) is 2. The SMILES string of the molecule is COc1ccc2c(c1)OC(C)CN(CC(=O)N(Cc1ccccc1)C[C@@H]1CCC(=O)N1)C2. The number of methoxy groups -OCH3 is 1. The van der Waals surface area contributed by atoms with Crippen molar-refractivity contribution < 1.29 is 19.1 Å². The van der Waals surface area contributed by atoms with E-state index in [2.05, 4.69) is 10.2 Å². The first-order chi connectivity index (χ1) is 15.5. The first-order valence-electron chi connectivity index (χ1n) is 11.2. The van der Waals surface area contributed by atoms with Crippen molar-refractivity contribution in [1.82, 2.24) is 15.1 Å². The number of rotatable bonds is 7. The van der Waals surface area contributed by atoms with Crippen LogP contribution in [0.1, 0.15) is 30.9 Å². The summed E-state index contributed by atoms with van der Waals surface area (Å²) < 4.78 is 11.4. The van der Waals surface area contributed by atoms with Gasteiger partial charge in [-0.3, -0.25) is 14.5 Å². The van der Waals surface area contributed by atoms with Gasteiger partial charge >= 0.3 is 0 Å². The van der Waals surface area contributed by atoms with E-state index in [4.69, 9.17) is 9.47 Å². The van der Waals surface area contributed by atoms with Crippen LogP contribution in [0.3, 0.4) is 0 Å². The van der Waals surface area contributed by atoms with Gasteiger partial charge in [0.15, 0.2) is 0 Å². The van der Waals surface area contributed by atoms with Crippen molar-refractivity contribution in [1.29, 1.82) is 0 Å². The lowest BCUT2D eigenvalue weighted by Gasteiger charge is -2.29. The molecule has 1 fully saturated rings. The maximum atomic E-state index is 13.4. The van der Waals surface area contributed by atoms with Crippen LogP contribution in [0, 0.1) is 0 Å². The molecule has 2 aliphatic rings. The molecule has 0 bridgehead atoms. The minimum absolute atomic E-state index is 0.00902. The van der Waals surface area contributed by atoms with Crippen molar-refractivity contribution in [2.45, 2.75) is 45.0 Å². The number of hydrogen-bond acceptors (Lipinski definition) is 5. The Balaban J connectivity index is 1.47. The highest BCUT2D eigenvalue weighted by atomic mass is 16.5. The quantitative estimate of drug-likeness (QED) is 0.721. The van der Waals surface area contributed by atoms with E-state index in [1.165, 1.54) is 0 Å². The van der Waals surface area contributed by atoms with Crippen LogP contribution in [0.15, 0.2) is 48.5 Å². The standard InChI is InChI=1S/C25H31N3O4/c1-18-13-27(15-20-8-10-22(31-2)12-23(20)32-18)17-25(30)28(14-19-6-4-3-5-7-19)16-21-9-11-24(29)26-21/h3-8,10,12,18,21H,9,11,13-17H2,1-2H3,(H,26,29)/t18?,21-/m0/s1. The van der Waals surface area contributed by atoms with Crippen molar-refractivity contribution in [3.63, 3.8) is 0 Å². The fraction of sp³-hybridized carbons (Fsp3) is 0.440. The molecule has 0 aliphatic carbocycles. The number of amides is 2. The predicted octanol–water partition coefficient (Wildman–Crippen LogP) is 2.59. The van der Waals surface area contributed by atoms with Crippen LogP contribution >= 0.6 is 0 Å². The Hall–Kier alpha value is -3.06. The minimum Gasteiger partial charge on any atom is -0.497 e. The molecule has 7 nitrogen and oxygen atoms in total. The molecule has 2 heterocycles. The predicted molar refractivity (Wildman–Crippen MR) is 121 cm³/mol. The van der Waals surface area contributed by atoms with Crippen LogP contribution in [-0.2, 0) is 22.7 Å². The largest absolute Gasteiger partial charge is 0.497 e. The third kappa shape index (κ3) is 5.59. The molecule has 0 radical (unpaired) electrons. The second-order valence-corrected chi connectivity index (χ2v) is 8.63. The Labute approximate surface area is 189 Å². The highest BCUT2D eigenvalue weighted by molar-refractivity contribution is 5.80. The second kappa shape index (κ2) is 10.0. The lowest BCUT2D eigenvalue weighted by Crippen LogP contribution is -2.46. The van der Waals surface area contributed by atoms with Gasteiger partial charge in [0, 0.05) is 50.3 Å². The summed E-state index contributed by atoms with van der Waals surface area (Å²) in [5, 5.41) is 2.99. The smallest absolute Gasteiger partial charge is 0.237 e. The van der Waals surface area contributed by atoms with Crippen LogP contribution in [0.2, 0.25) is 0 Å². The lowest BCUT2D eigenvalue weighted by atomic mass is 10.1. The summed E-state index contributed by atoms with van der Waals surface area (Å²) in [5.41, 5.74) is 2.12. The highest BCUT2D eigenvalue weighted by Gasteiger charge is 2.28. The van der Waals surface area contributed by atoms with E-state index in [9.17, 15) is 9.59 Å². The maximum absolute atomic E-state index is 13.4. The molecular weight excluding hydrogens is 406 g/mol. The van der Waals surface area contributed by atoms with Gasteiger partial charge in [-0.25, -0.2) is 0 Å². The van der Waals surface area contributed by atoms with Crippen molar-refractivity contribution in [2.75, 3.05) is 26.7 Å². The number of benzene rings is 2. The molecule has 2 aromatic carbocycles. The average Bonchev–Trinajstić information content (AvgIpc) is 3.12. The zero-order chi connectivity index (χ0) is 22.5. The molecular formula is C25H31N3O4. The molecule has 32 heavy (non-hydrogen) atoms. The molecule has 0 spiro atoms. The van der Waals surface area contributed by atoms with Gasteiger partial charge in [0.1, 0.15) is 17.6 Å². The monoisotopic (exact) mass is 437 g/mol. The Morgan fingerprint density at radius 1 is 1.25 bits per heavy atom. The van der Waals surface area contributed by atoms with Crippen molar-refractivity contribution in [2.24, 2.45) is 0 Å². The number of ether oxygens (including phenoxy) is 2. The lowest BCUT2D eigenvalue weighted by molar-refractivity contribution is -0.134. The Morgan fingerprint density at radius 3 is 2.78 bits per heavy atom. The summed E-state index contributed by atoms with van der Waals surface area (Å²) in [6, 6.07) is 15.8. The number of carbonyl (C=O) groups is 2. The first kappa shape index (κ1) is 22.1. The molecule has 1 unspecified atom stereocenters. The molecule has 0 saturated carbocycles. The van der Waals surface area contributed by atoms with Gasteiger partial charge < -0.3 is 19.7 Å². The fourth-order valence-corrected chi connectivity index (χ4v) is 4.38. The van der Waals surface area contributed by atoms with E-state index in [1.807, 2.05) is 60.4 Å². The molecule has 0 aromatic heterocycles. The summed E-state index contributed by atoms with van der Waals surface area (Å²) in [6.45, 7) is 4.65.